The summed E-state index contributed by atoms with van der Waals surface area (Å²) < 4.78 is 0. The zero-order valence-electron chi connectivity index (χ0n) is 57.0. The quantitative estimate of drug-likeness (QED) is 0.0202. The van der Waals surface area contributed by atoms with E-state index in [0.29, 0.717) is 33.8 Å². The molecule has 0 fully saturated rings. The van der Waals surface area contributed by atoms with Gasteiger partial charge >= 0.3 is 0 Å². The summed E-state index contributed by atoms with van der Waals surface area (Å²) in [6.07, 6.45) is 4.80. The van der Waals surface area contributed by atoms with E-state index in [1.54, 1.807) is 55.0 Å². The molecular formula is C85H76N12O6. The number of rotatable bonds is 24. The molecule has 15 N–H and O–H groups in total. The van der Waals surface area contributed by atoms with E-state index in [1.165, 1.54) is 0 Å². The molecule has 0 saturated heterocycles. The molecule has 0 saturated carbocycles. The summed E-state index contributed by atoms with van der Waals surface area (Å²) in [5.74, 6) is -3.98. The van der Waals surface area contributed by atoms with Crippen LogP contribution in [0.15, 0.2) is 237 Å². The first-order chi connectivity index (χ1) is 49.8. The van der Waals surface area contributed by atoms with E-state index in [1.807, 2.05) is 203 Å². The molecule has 0 aliphatic rings. The lowest BCUT2D eigenvalue weighted by Gasteiger charge is -2.28. The molecule has 0 aliphatic carbocycles. The lowest BCUT2D eigenvalue weighted by Crippen LogP contribution is -2.59. The maximum Gasteiger partial charge on any atom is 0.252 e. The summed E-state index contributed by atoms with van der Waals surface area (Å²) in [4.78, 5) is 110. The number of aromatic nitrogens is 6. The lowest BCUT2D eigenvalue weighted by atomic mass is 9.82. The Kier molecular flexibility index (Phi) is 17.3. The van der Waals surface area contributed by atoms with E-state index >= 15 is 14.4 Å². The van der Waals surface area contributed by atoms with E-state index in [-0.39, 0.29) is 38.5 Å². The molecule has 18 nitrogen and oxygen atoms in total. The van der Waals surface area contributed by atoms with Gasteiger partial charge in [-0.25, -0.2) is 0 Å². The number of para-hydroxylation sites is 6. The van der Waals surface area contributed by atoms with Crippen LogP contribution in [0.2, 0.25) is 0 Å². The van der Waals surface area contributed by atoms with Crippen LogP contribution in [0.3, 0.4) is 0 Å². The summed E-state index contributed by atoms with van der Waals surface area (Å²) >= 11 is 0. The van der Waals surface area contributed by atoms with Crippen molar-refractivity contribution in [3.63, 3.8) is 0 Å². The Balaban J connectivity index is 0.749. The number of carbonyl (C=O) groups is 6. The fourth-order valence-electron chi connectivity index (χ4n) is 14.9. The molecule has 6 aromatic heterocycles. The van der Waals surface area contributed by atoms with Gasteiger partial charge in [0.05, 0.1) is 0 Å². The second-order valence-electron chi connectivity index (χ2n) is 27.3. The summed E-state index contributed by atoms with van der Waals surface area (Å²) in [7, 11) is 0. The van der Waals surface area contributed by atoms with E-state index in [2.05, 4.69) is 45.9 Å². The topological polar surface area (TPSA) is 311 Å². The third-order valence-electron chi connectivity index (χ3n) is 20.7. The highest BCUT2D eigenvalue weighted by molar-refractivity contribution is 6.19. The van der Waals surface area contributed by atoms with Crippen LogP contribution in [0, 0.1) is 20.8 Å². The Morgan fingerprint density at radius 2 is 0.553 bits per heavy atom. The van der Waals surface area contributed by atoms with Gasteiger partial charge in [-0.1, -0.05) is 146 Å². The highest BCUT2D eigenvalue weighted by Gasteiger charge is 2.46. The van der Waals surface area contributed by atoms with Gasteiger partial charge in [0, 0.05) is 163 Å². The van der Waals surface area contributed by atoms with Crippen molar-refractivity contribution in [3.8, 4) is 0 Å². The van der Waals surface area contributed by atoms with Crippen molar-refractivity contribution in [2.24, 2.45) is 17.2 Å². The minimum Gasteiger partial charge on any atom is -0.361 e. The molecule has 15 rings (SSSR count). The van der Waals surface area contributed by atoms with Crippen molar-refractivity contribution in [2.45, 2.75) is 81.8 Å². The molecule has 3 amide bonds. The predicted octanol–water partition coefficient (Wildman–Crippen LogP) is 13.8. The molecule has 0 spiro atoms. The molecule has 0 aliphatic heterocycles. The van der Waals surface area contributed by atoms with Crippen LogP contribution < -0.4 is 33.2 Å². The highest BCUT2D eigenvalue weighted by atomic mass is 16.2. The number of aryl methyl sites for hydroxylation is 3. The van der Waals surface area contributed by atoms with E-state index < -0.39 is 57.6 Å². The van der Waals surface area contributed by atoms with Crippen LogP contribution in [-0.4, -0.2) is 81.6 Å². The molecule has 512 valence electrons. The molecule has 103 heavy (non-hydrogen) atoms. The number of H-pyrrole nitrogens is 6. The average Bonchev–Trinajstić information content (AvgIpc) is 1.73. The summed E-state index contributed by atoms with van der Waals surface area (Å²) in [5, 5.41) is 14.2. The van der Waals surface area contributed by atoms with Gasteiger partial charge in [-0.2, -0.15) is 0 Å². The Hall–Kier alpha value is -12.5. The fourth-order valence-corrected chi connectivity index (χ4v) is 14.9. The zero-order valence-corrected chi connectivity index (χ0v) is 57.0. The van der Waals surface area contributed by atoms with Crippen molar-refractivity contribution in [2.75, 3.05) is 16.0 Å². The fraction of sp³-hybridized carbons (Fsp3) is 0.153. The number of fused-ring (bicyclic) bond motifs is 6. The van der Waals surface area contributed by atoms with Crippen LogP contribution in [-0.2, 0) is 67.3 Å². The maximum atomic E-state index is 15.0. The first-order valence-electron chi connectivity index (χ1n) is 34.4. The second kappa shape index (κ2) is 26.9. The maximum absolute atomic E-state index is 15.0. The van der Waals surface area contributed by atoms with Crippen molar-refractivity contribution in [3.05, 3.63) is 304 Å². The Labute approximate surface area is 592 Å². The number of ketones is 3. The molecule has 9 aromatic carbocycles. The summed E-state index contributed by atoms with van der Waals surface area (Å²) in [6, 6.07) is 68.0. The zero-order chi connectivity index (χ0) is 71.3. The number of aromatic amines is 6. The van der Waals surface area contributed by atoms with Gasteiger partial charge in [0.15, 0.2) is 34.0 Å². The third-order valence-corrected chi connectivity index (χ3v) is 20.7. The largest absolute Gasteiger partial charge is 0.361 e. The van der Waals surface area contributed by atoms with Gasteiger partial charge in [-0.05, 0) is 144 Å². The first-order valence-corrected chi connectivity index (χ1v) is 34.4. The number of nitrogens with one attached hydrogen (secondary N) is 9. The molecule has 3 atom stereocenters. The molecule has 6 heterocycles. The van der Waals surface area contributed by atoms with E-state index in [9.17, 15) is 14.4 Å². The van der Waals surface area contributed by atoms with Crippen LogP contribution in [0.25, 0.3) is 65.4 Å². The van der Waals surface area contributed by atoms with Gasteiger partial charge in [0.25, 0.3) is 17.7 Å². The number of carbonyl (C=O) groups excluding carboxylic acids is 6. The number of anilines is 3. The molecule has 15 aromatic rings. The Morgan fingerprint density at radius 3 is 0.816 bits per heavy atom. The number of benzene rings is 9. The molecule has 0 unspecified atom stereocenters. The molecule has 18 heteroatoms. The van der Waals surface area contributed by atoms with Crippen molar-refractivity contribution in [1.82, 2.24) is 29.9 Å². The van der Waals surface area contributed by atoms with Gasteiger partial charge in [-0.3, -0.25) is 28.8 Å². The summed E-state index contributed by atoms with van der Waals surface area (Å²) in [6.45, 7) is 5.72. The van der Waals surface area contributed by atoms with Gasteiger partial charge in [0.2, 0.25) is 0 Å². The first kappa shape index (κ1) is 66.4. The molecule has 0 radical (unpaired) electrons. The predicted molar refractivity (Wildman–Crippen MR) is 408 cm³/mol. The second-order valence-corrected chi connectivity index (χ2v) is 27.3. The number of Topliss-reactive ketones (excluding diaryl/α,β-unsaturated/α-hetero) is 3. The standard InChI is InChI=1S/C85H76N12O6/c1-49-67(64-19-7-13-25-73(64)92-49)40-76(98)83(86,43-55-46-89-70-22-10-4-16-61(55)70)80(101)95-58-34-28-52(29-35-58)79(53-30-36-59(37-31-53)96-81(102)84(87,44-56-47-90-71-23-11-5-17-62(56)71)77(99)41-68-50(2)93-74-26-14-8-20-65(68)74)54-32-38-60(39-33-54)97-82(103)85(88,45-57-48-91-72-24-12-6-18-63(57)72)78(100)42-69-51(3)94-75-27-15-9-21-66(69)75/h4-39,46-48,79,89-94H,40-45,86-88H2,1-3H3,(H,95,101)(H,96,102)(H,97,103)/t83-,84-,85-/m1/s1. The molecule has 0 bridgehead atoms. The Bertz CT molecular complexity index is 5250. The number of amides is 3. The minimum atomic E-state index is -2.03. The monoisotopic (exact) mass is 1360 g/mol. The van der Waals surface area contributed by atoms with E-state index in [0.717, 1.165) is 116 Å². The van der Waals surface area contributed by atoms with Crippen molar-refractivity contribution in [1.29, 1.82) is 0 Å². The van der Waals surface area contributed by atoms with E-state index in [4.69, 9.17) is 17.2 Å². The SMILES string of the molecule is Cc1[nH]c2ccccc2c1CC(=O)[C@](N)(Cc1c[nH]c2ccccc12)C(=O)Nc1ccc(C(c2ccc(NC(=O)[C@@](N)(Cc3c[nH]c4ccccc34)C(=O)Cc3c(C)[nH]c4ccccc34)cc2)c2ccc(NC(=O)[C@@](N)(Cc3c[nH]c4ccccc34)C(=O)Cc3c(C)[nH]c4ccccc34)cc2)cc1. The molecular weight excluding hydrogens is 1290 g/mol. The van der Waals surface area contributed by atoms with Crippen LogP contribution >= 0.6 is 0 Å². The average molecular weight is 1360 g/mol. The number of hydrogen-bond donors (Lipinski definition) is 12. The minimum absolute atomic E-state index is 0.0924. The lowest BCUT2D eigenvalue weighted by molar-refractivity contribution is -0.134. The third kappa shape index (κ3) is 12.6. The number of hydrogen-bond acceptors (Lipinski definition) is 9. The van der Waals surface area contributed by atoms with Gasteiger partial charge in [-0.15, -0.1) is 0 Å². The van der Waals surface area contributed by atoms with Crippen molar-refractivity contribution >= 4 is 118 Å². The Morgan fingerprint density at radius 1 is 0.320 bits per heavy atom. The van der Waals surface area contributed by atoms with Crippen molar-refractivity contribution < 1.29 is 28.8 Å². The summed E-state index contributed by atoms with van der Waals surface area (Å²) in [5.41, 5.74) is 31.0. The van der Waals surface area contributed by atoms with Crippen LogP contribution in [0.5, 0.6) is 0 Å². The normalized spacial score (nSPS) is 13.5. The smallest absolute Gasteiger partial charge is 0.252 e. The van der Waals surface area contributed by atoms with Gasteiger partial charge in [0.1, 0.15) is 0 Å². The van der Waals surface area contributed by atoms with Crippen LogP contribution in [0.1, 0.15) is 73.1 Å². The van der Waals surface area contributed by atoms with Crippen LogP contribution in [0.4, 0.5) is 17.1 Å². The highest BCUT2D eigenvalue weighted by Crippen LogP contribution is 2.37. The van der Waals surface area contributed by atoms with Gasteiger partial charge < -0.3 is 63.1 Å². The number of nitrogens with two attached hydrogens (primary N) is 3.